The average molecular weight is 271 g/mol. The summed E-state index contributed by atoms with van der Waals surface area (Å²) in [5.41, 5.74) is 3.55. The van der Waals surface area contributed by atoms with Crippen LogP contribution in [0.4, 0.5) is 0 Å². The third kappa shape index (κ3) is 2.74. The zero-order valence-corrected chi connectivity index (χ0v) is 11.7. The van der Waals surface area contributed by atoms with Gasteiger partial charge in [0.05, 0.1) is 7.11 Å². The predicted octanol–water partition coefficient (Wildman–Crippen LogP) is 3.32. The molecule has 0 aliphatic carbocycles. The number of methoxy groups -OCH3 is 1. The summed E-state index contributed by atoms with van der Waals surface area (Å²) < 4.78 is 10.3. The Morgan fingerprint density at radius 3 is 2.85 bits per heavy atom. The van der Waals surface area contributed by atoms with Crippen LogP contribution in [0.25, 0.3) is 11.0 Å². The van der Waals surface area contributed by atoms with E-state index < -0.39 is 5.97 Å². The number of allylic oxidation sites excluding steroid dienone is 1. The first-order chi connectivity index (χ1) is 9.55. The third-order valence-electron chi connectivity index (χ3n) is 2.93. The van der Waals surface area contributed by atoms with Gasteiger partial charge in [0.2, 0.25) is 5.76 Å². The van der Waals surface area contributed by atoms with Crippen molar-refractivity contribution in [3.8, 4) is 0 Å². The Balaban J connectivity index is 2.47. The number of hydrogen-bond donors (Lipinski definition) is 1. The second kappa shape index (κ2) is 5.65. The first-order valence-corrected chi connectivity index (χ1v) is 6.21. The maximum Gasteiger partial charge on any atom is 0.373 e. The number of hydrogen-bond acceptors (Lipinski definition) is 4. The Labute approximate surface area is 117 Å². The lowest BCUT2D eigenvalue weighted by Crippen LogP contribution is -2.05. The Morgan fingerprint density at radius 1 is 1.45 bits per heavy atom. The Kier molecular flexibility index (Phi) is 3.94. The maximum absolute atomic E-state index is 11.5. The number of carbonyl (C=O) groups is 1. The number of nitrogens with one attached hydrogen (secondary N) is 1. The minimum atomic E-state index is -0.479. The number of aryl methyl sites for hydroxylation is 1. The van der Waals surface area contributed by atoms with Crippen LogP contribution in [0.2, 0.25) is 0 Å². The van der Waals surface area contributed by atoms with Crippen molar-refractivity contribution in [2.75, 3.05) is 7.11 Å². The summed E-state index contributed by atoms with van der Waals surface area (Å²) in [5, 5.41) is 3.84. The second-order valence-corrected chi connectivity index (χ2v) is 4.57. The Hall–Kier alpha value is -2.49. The van der Waals surface area contributed by atoms with E-state index in [9.17, 15) is 4.79 Å². The van der Waals surface area contributed by atoms with Crippen molar-refractivity contribution in [1.29, 1.82) is 0 Å². The topological polar surface area (TPSA) is 51.5 Å². The van der Waals surface area contributed by atoms with Crippen LogP contribution in [0.5, 0.6) is 0 Å². The molecule has 4 nitrogen and oxygen atoms in total. The molecule has 1 heterocycles. The summed E-state index contributed by atoms with van der Waals surface area (Å²) in [6.45, 7) is 9.52. The number of esters is 1. The number of carbonyl (C=O) groups excluding carboxylic acids is 1. The Bertz CT molecular complexity index is 682. The van der Waals surface area contributed by atoms with Crippen LogP contribution in [-0.4, -0.2) is 13.1 Å². The van der Waals surface area contributed by atoms with Gasteiger partial charge in [-0.2, -0.15) is 0 Å². The molecule has 1 aromatic heterocycles. The largest absolute Gasteiger partial charge is 0.463 e. The fourth-order valence-corrected chi connectivity index (χ4v) is 2.15. The van der Waals surface area contributed by atoms with E-state index in [1.165, 1.54) is 7.11 Å². The van der Waals surface area contributed by atoms with Crippen molar-refractivity contribution in [1.82, 2.24) is 5.32 Å². The minimum Gasteiger partial charge on any atom is -0.463 e. The van der Waals surface area contributed by atoms with E-state index in [1.807, 2.05) is 19.1 Å². The van der Waals surface area contributed by atoms with Gasteiger partial charge < -0.3 is 14.5 Å². The van der Waals surface area contributed by atoms with E-state index in [0.717, 1.165) is 22.2 Å². The van der Waals surface area contributed by atoms with Gasteiger partial charge in [0.25, 0.3) is 0 Å². The summed E-state index contributed by atoms with van der Waals surface area (Å²) in [7, 11) is 1.33. The van der Waals surface area contributed by atoms with Crippen molar-refractivity contribution < 1.29 is 13.9 Å². The highest BCUT2D eigenvalue weighted by Gasteiger charge is 2.15. The highest BCUT2D eigenvalue weighted by Crippen LogP contribution is 2.26. The molecule has 0 atom stereocenters. The van der Waals surface area contributed by atoms with E-state index in [0.29, 0.717) is 12.0 Å². The molecule has 0 bridgehead atoms. The summed E-state index contributed by atoms with van der Waals surface area (Å²) >= 11 is 0. The molecule has 1 aromatic carbocycles. The third-order valence-corrected chi connectivity index (χ3v) is 2.93. The lowest BCUT2D eigenvalue weighted by atomic mass is 10.0. The van der Waals surface area contributed by atoms with Gasteiger partial charge in [0.15, 0.2) is 0 Å². The average Bonchev–Trinajstić information content (AvgIpc) is 2.81. The molecule has 4 heteroatoms. The van der Waals surface area contributed by atoms with Crippen LogP contribution >= 0.6 is 0 Å². The molecule has 2 rings (SSSR count). The molecule has 2 aromatic rings. The lowest BCUT2D eigenvalue weighted by molar-refractivity contribution is 0.0567. The van der Waals surface area contributed by atoms with Crippen molar-refractivity contribution in [3.05, 3.63) is 60.1 Å². The number of benzene rings is 1. The van der Waals surface area contributed by atoms with Crippen molar-refractivity contribution >= 4 is 16.9 Å². The second-order valence-electron chi connectivity index (χ2n) is 4.57. The van der Waals surface area contributed by atoms with E-state index >= 15 is 0 Å². The van der Waals surface area contributed by atoms with Gasteiger partial charge in [-0.05, 0) is 30.8 Å². The summed E-state index contributed by atoms with van der Waals surface area (Å²) in [4.78, 5) is 11.5. The number of furan rings is 1. The molecule has 104 valence electrons. The molecule has 0 aliphatic heterocycles. The standard InChI is InChI=1S/C16H17NO3/c1-5-17-11(3)8-12-6-10(2)7-13-9-14(16(18)19-4)20-15(12)13/h5-7,9,17H,1,3,8H2,2,4H3. The van der Waals surface area contributed by atoms with Gasteiger partial charge >= 0.3 is 5.97 Å². The number of ether oxygens (including phenoxy) is 1. The zero-order chi connectivity index (χ0) is 14.7. The summed E-state index contributed by atoms with van der Waals surface area (Å²) in [6.07, 6.45) is 2.18. The van der Waals surface area contributed by atoms with Crippen LogP contribution in [0, 0.1) is 6.92 Å². The summed E-state index contributed by atoms with van der Waals surface area (Å²) in [6, 6.07) is 5.68. The molecular formula is C16H17NO3. The molecular weight excluding hydrogens is 254 g/mol. The van der Waals surface area contributed by atoms with Crippen LogP contribution < -0.4 is 5.32 Å². The highest BCUT2D eigenvalue weighted by atomic mass is 16.5. The fourth-order valence-electron chi connectivity index (χ4n) is 2.15. The SMILES string of the molecule is C=CNC(=C)Cc1cc(C)cc2cc(C(=O)OC)oc12. The maximum atomic E-state index is 11.5. The van der Waals surface area contributed by atoms with Gasteiger partial charge in [0.1, 0.15) is 5.58 Å². The fraction of sp³-hybridized carbons (Fsp3) is 0.188. The van der Waals surface area contributed by atoms with Gasteiger partial charge in [-0.3, -0.25) is 0 Å². The van der Waals surface area contributed by atoms with Crippen molar-refractivity contribution in [2.45, 2.75) is 13.3 Å². The monoisotopic (exact) mass is 271 g/mol. The lowest BCUT2D eigenvalue weighted by Gasteiger charge is -2.07. The van der Waals surface area contributed by atoms with Gasteiger partial charge in [-0.15, -0.1) is 0 Å². The first kappa shape index (κ1) is 13.9. The van der Waals surface area contributed by atoms with Crippen LogP contribution in [0.3, 0.4) is 0 Å². The van der Waals surface area contributed by atoms with E-state index in [4.69, 9.17) is 4.42 Å². The molecule has 0 fully saturated rings. The molecule has 0 amide bonds. The van der Waals surface area contributed by atoms with Gasteiger partial charge in [-0.25, -0.2) is 4.79 Å². The zero-order valence-electron chi connectivity index (χ0n) is 11.7. The van der Waals surface area contributed by atoms with E-state index in [2.05, 4.69) is 23.2 Å². The smallest absolute Gasteiger partial charge is 0.373 e. The minimum absolute atomic E-state index is 0.205. The molecule has 0 radical (unpaired) electrons. The van der Waals surface area contributed by atoms with Crippen LogP contribution in [0.1, 0.15) is 21.7 Å². The molecule has 0 unspecified atom stereocenters. The van der Waals surface area contributed by atoms with Crippen molar-refractivity contribution in [2.24, 2.45) is 0 Å². The first-order valence-electron chi connectivity index (χ1n) is 6.21. The molecule has 1 N–H and O–H groups in total. The van der Waals surface area contributed by atoms with E-state index in [1.54, 1.807) is 12.3 Å². The number of rotatable bonds is 5. The predicted molar refractivity (Wildman–Crippen MR) is 78.5 cm³/mol. The molecule has 0 aliphatic rings. The Morgan fingerprint density at radius 2 is 2.20 bits per heavy atom. The molecule has 0 saturated heterocycles. The quantitative estimate of drug-likeness (QED) is 0.848. The molecule has 20 heavy (non-hydrogen) atoms. The molecule has 0 saturated carbocycles. The van der Waals surface area contributed by atoms with E-state index in [-0.39, 0.29) is 5.76 Å². The highest BCUT2D eigenvalue weighted by molar-refractivity contribution is 5.93. The molecule has 0 spiro atoms. The number of fused-ring (bicyclic) bond motifs is 1. The van der Waals surface area contributed by atoms with Crippen molar-refractivity contribution in [3.63, 3.8) is 0 Å². The van der Waals surface area contributed by atoms with Crippen LogP contribution in [-0.2, 0) is 11.2 Å². The summed E-state index contributed by atoms with van der Waals surface area (Å²) in [5.74, 6) is -0.274. The van der Waals surface area contributed by atoms with Gasteiger partial charge in [-0.1, -0.05) is 19.2 Å². The van der Waals surface area contributed by atoms with Crippen LogP contribution in [0.15, 0.2) is 47.7 Å². The van der Waals surface area contributed by atoms with Gasteiger partial charge in [0, 0.05) is 23.1 Å². The normalized spacial score (nSPS) is 10.3.